The summed E-state index contributed by atoms with van der Waals surface area (Å²) in [5.74, 6) is 0. The fourth-order valence-electron chi connectivity index (χ4n) is 4.80. The molecule has 4 fully saturated rings. The Kier molecular flexibility index (Phi) is 2.70. The van der Waals surface area contributed by atoms with E-state index in [4.69, 9.17) is 0 Å². The normalized spacial score (nSPS) is 45.7. The second-order valence-corrected chi connectivity index (χ2v) is 6.46. The molecule has 0 unspecified atom stereocenters. The lowest BCUT2D eigenvalue weighted by molar-refractivity contribution is -0.0107. The van der Waals surface area contributed by atoms with Crippen molar-refractivity contribution in [3.63, 3.8) is 0 Å². The van der Waals surface area contributed by atoms with Gasteiger partial charge in [0.25, 0.3) is 0 Å². The van der Waals surface area contributed by atoms with Gasteiger partial charge in [-0.2, -0.15) is 0 Å². The summed E-state index contributed by atoms with van der Waals surface area (Å²) >= 11 is 0. The maximum absolute atomic E-state index is 2.81. The van der Waals surface area contributed by atoms with Gasteiger partial charge in [0.2, 0.25) is 0 Å². The highest BCUT2D eigenvalue weighted by Crippen LogP contribution is 2.42. The lowest BCUT2D eigenvalue weighted by Crippen LogP contribution is -2.55. The molecule has 0 spiro atoms. The maximum Gasteiger partial charge on any atom is 0.0945 e. The highest BCUT2D eigenvalue weighted by atomic mass is 15.7. The topological polar surface area (TPSA) is 13.0 Å². The molecule has 0 bridgehead atoms. The smallest absolute Gasteiger partial charge is 0.0945 e. The Labute approximate surface area is 110 Å². The van der Waals surface area contributed by atoms with E-state index in [1.54, 1.807) is 0 Å². The molecule has 4 saturated heterocycles. The molecule has 0 aromatic rings. The van der Waals surface area contributed by atoms with Crippen molar-refractivity contribution in [3.05, 3.63) is 0 Å². The minimum atomic E-state index is 0.707. The average molecular weight is 250 g/mol. The summed E-state index contributed by atoms with van der Waals surface area (Å²) in [6.45, 7) is 9.80. The van der Waals surface area contributed by atoms with Crippen molar-refractivity contribution in [2.75, 3.05) is 26.4 Å². The summed E-state index contributed by atoms with van der Waals surface area (Å²) in [4.78, 5) is 11.1. The first-order chi connectivity index (χ1) is 8.83. The number of rotatable bonds is 2. The van der Waals surface area contributed by atoms with Crippen molar-refractivity contribution in [1.82, 2.24) is 19.6 Å². The first-order valence-corrected chi connectivity index (χ1v) is 7.83. The lowest BCUT2D eigenvalue weighted by Gasteiger charge is -2.42. The number of nitrogens with zero attached hydrogens (tertiary/aromatic N) is 4. The van der Waals surface area contributed by atoms with E-state index in [0.29, 0.717) is 12.3 Å². The predicted molar refractivity (Wildman–Crippen MR) is 71.8 cm³/mol. The van der Waals surface area contributed by atoms with Crippen LogP contribution in [-0.2, 0) is 0 Å². The van der Waals surface area contributed by atoms with E-state index >= 15 is 0 Å². The van der Waals surface area contributed by atoms with Crippen molar-refractivity contribution in [2.45, 2.75) is 63.9 Å². The zero-order valence-corrected chi connectivity index (χ0v) is 11.8. The Balaban J connectivity index is 1.67. The van der Waals surface area contributed by atoms with Crippen LogP contribution in [0.1, 0.15) is 39.5 Å². The minimum absolute atomic E-state index is 0.707. The molecule has 102 valence electrons. The van der Waals surface area contributed by atoms with E-state index in [9.17, 15) is 0 Å². The summed E-state index contributed by atoms with van der Waals surface area (Å²) in [5.41, 5.74) is 0. The van der Waals surface area contributed by atoms with Crippen LogP contribution in [0.5, 0.6) is 0 Å². The van der Waals surface area contributed by atoms with Crippen molar-refractivity contribution in [3.8, 4) is 0 Å². The van der Waals surface area contributed by atoms with E-state index in [-0.39, 0.29) is 0 Å². The van der Waals surface area contributed by atoms with Crippen LogP contribution < -0.4 is 0 Å². The summed E-state index contributed by atoms with van der Waals surface area (Å²) in [7, 11) is 0. The third-order valence-corrected chi connectivity index (χ3v) is 5.76. The quantitative estimate of drug-likeness (QED) is 0.729. The fourth-order valence-corrected chi connectivity index (χ4v) is 4.80. The molecule has 0 N–H and O–H groups in total. The number of hydrogen-bond acceptors (Lipinski definition) is 4. The first kappa shape index (κ1) is 11.6. The van der Waals surface area contributed by atoms with Gasteiger partial charge in [0.1, 0.15) is 0 Å². The fraction of sp³-hybridized carbons (Fsp3) is 1.00. The Bertz CT molecular complexity index is 304. The molecule has 4 heterocycles. The molecule has 0 radical (unpaired) electrons. The number of hydrogen-bond donors (Lipinski definition) is 0. The third kappa shape index (κ3) is 1.40. The third-order valence-electron chi connectivity index (χ3n) is 5.76. The Morgan fingerprint density at radius 1 is 0.778 bits per heavy atom. The van der Waals surface area contributed by atoms with Crippen LogP contribution in [0.25, 0.3) is 0 Å². The van der Waals surface area contributed by atoms with E-state index in [1.807, 2.05) is 0 Å². The van der Waals surface area contributed by atoms with E-state index in [1.165, 1.54) is 52.1 Å². The Hall–Kier alpha value is -0.160. The zero-order valence-electron chi connectivity index (χ0n) is 11.8. The van der Waals surface area contributed by atoms with Crippen LogP contribution in [0.4, 0.5) is 0 Å². The van der Waals surface area contributed by atoms with Crippen LogP contribution in [-0.4, -0.2) is 70.4 Å². The van der Waals surface area contributed by atoms with Gasteiger partial charge in [0.15, 0.2) is 0 Å². The highest BCUT2D eigenvalue weighted by molar-refractivity contribution is 5.05. The van der Waals surface area contributed by atoms with E-state index in [2.05, 4.69) is 33.4 Å². The largest absolute Gasteiger partial charge is 0.272 e. The van der Waals surface area contributed by atoms with Crippen LogP contribution in [0.2, 0.25) is 0 Å². The van der Waals surface area contributed by atoms with Gasteiger partial charge in [-0.15, -0.1) is 0 Å². The van der Waals surface area contributed by atoms with Gasteiger partial charge >= 0.3 is 0 Å². The van der Waals surface area contributed by atoms with Crippen LogP contribution in [0.3, 0.4) is 0 Å². The van der Waals surface area contributed by atoms with Gasteiger partial charge in [-0.05, 0) is 25.7 Å². The second kappa shape index (κ2) is 4.17. The molecule has 0 saturated carbocycles. The summed E-state index contributed by atoms with van der Waals surface area (Å²) in [6, 6.07) is 1.66. The first-order valence-electron chi connectivity index (χ1n) is 7.83. The van der Waals surface area contributed by atoms with Gasteiger partial charge in [-0.3, -0.25) is 19.6 Å². The van der Waals surface area contributed by atoms with Crippen LogP contribution in [0, 0.1) is 0 Å². The molecule has 4 rings (SSSR count). The predicted octanol–water partition coefficient (Wildman–Crippen LogP) is 1.15. The van der Waals surface area contributed by atoms with Crippen molar-refractivity contribution >= 4 is 0 Å². The molecular formula is C14H26N4. The Morgan fingerprint density at radius 2 is 1.28 bits per heavy atom. The van der Waals surface area contributed by atoms with E-state index in [0.717, 1.165) is 12.1 Å². The monoisotopic (exact) mass is 250 g/mol. The molecule has 18 heavy (non-hydrogen) atoms. The minimum Gasteiger partial charge on any atom is -0.272 e. The van der Waals surface area contributed by atoms with Crippen LogP contribution >= 0.6 is 0 Å². The van der Waals surface area contributed by atoms with Gasteiger partial charge in [0.05, 0.1) is 25.7 Å². The lowest BCUT2D eigenvalue weighted by atomic mass is 10.0. The summed E-state index contributed by atoms with van der Waals surface area (Å²) < 4.78 is 0. The molecule has 0 aromatic carbocycles. The van der Waals surface area contributed by atoms with E-state index < -0.39 is 0 Å². The molecule has 4 atom stereocenters. The van der Waals surface area contributed by atoms with Gasteiger partial charge in [-0.1, -0.05) is 13.8 Å². The Morgan fingerprint density at radius 3 is 1.72 bits per heavy atom. The standard InChI is InChI=1S/C14H26N4/c1-3-11-5-7-15-9-16-8-6-12(4-2)18-10-17(11)13(15)14(16)18/h11-14H,3-10H2,1-2H3/t11-,12+,13+,14-. The molecule has 4 aliphatic rings. The SMILES string of the molecule is CC[C@H]1CCN2CN3CC[C@@H](CC)N4CN1[C@@H]2[C@@H]34. The molecular weight excluding hydrogens is 224 g/mol. The molecule has 4 aliphatic heterocycles. The van der Waals surface area contributed by atoms with Gasteiger partial charge in [-0.25, -0.2) is 0 Å². The second-order valence-electron chi connectivity index (χ2n) is 6.46. The summed E-state index contributed by atoms with van der Waals surface area (Å²) in [5, 5.41) is 0. The van der Waals surface area contributed by atoms with Gasteiger partial charge in [0, 0.05) is 25.2 Å². The maximum atomic E-state index is 2.81. The molecule has 0 amide bonds. The zero-order chi connectivity index (χ0) is 12.3. The average Bonchev–Trinajstić information content (AvgIpc) is 2.97. The molecule has 4 heteroatoms. The van der Waals surface area contributed by atoms with Gasteiger partial charge < -0.3 is 0 Å². The molecule has 4 nitrogen and oxygen atoms in total. The summed E-state index contributed by atoms with van der Waals surface area (Å²) in [6.07, 6.45) is 6.80. The van der Waals surface area contributed by atoms with Crippen molar-refractivity contribution in [1.29, 1.82) is 0 Å². The molecule has 0 aromatic heterocycles. The highest BCUT2D eigenvalue weighted by Gasteiger charge is 2.57. The van der Waals surface area contributed by atoms with Crippen molar-refractivity contribution in [2.24, 2.45) is 0 Å². The molecule has 0 aliphatic carbocycles. The van der Waals surface area contributed by atoms with Crippen LogP contribution in [0.15, 0.2) is 0 Å². The van der Waals surface area contributed by atoms with Crippen molar-refractivity contribution < 1.29 is 0 Å².